The third-order valence-corrected chi connectivity index (χ3v) is 8.12. The van der Waals surface area contributed by atoms with E-state index in [9.17, 15) is 10.1 Å². The van der Waals surface area contributed by atoms with Gasteiger partial charge in [-0.1, -0.05) is 45.0 Å². The summed E-state index contributed by atoms with van der Waals surface area (Å²) in [6.45, 7) is 6.87. The molecule has 0 saturated heterocycles. The quantitative estimate of drug-likeness (QED) is 0.537. The van der Waals surface area contributed by atoms with Gasteiger partial charge in [0.25, 0.3) is 5.91 Å². The molecule has 0 saturated carbocycles. The van der Waals surface area contributed by atoms with E-state index >= 15 is 0 Å². The van der Waals surface area contributed by atoms with Crippen molar-refractivity contribution in [3.05, 3.63) is 63.0 Å². The van der Waals surface area contributed by atoms with Crippen molar-refractivity contribution < 1.29 is 4.79 Å². The Bertz CT molecular complexity index is 1210. The molecule has 1 N–H and O–H groups in total. The van der Waals surface area contributed by atoms with Gasteiger partial charge in [0.1, 0.15) is 11.1 Å². The number of carbonyl (C=O) groups is 1. The van der Waals surface area contributed by atoms with Crippen LogP contribution in [0.4, 0.5) is 5.00 Å². The molecule has 2 aromatic carbocycles. The first-order valence-corrected chi connectivity index (χ1v) is 11.6. The summed E-state index contributed by atoms with van der Waals surface area (Å²) < 4.78 is 0. The van der Waals surface area contributed by atoms with Gasteiger partial charge in [0.15, 0.2) is 0 Å². The van der Waals surface area contributed by atoms with Gasteiger partial charge in [-0.2, -0.15) is 5.26 Å². The van der Waals surface area contributed by atoms with E-state index in [1.807, 2.05) is 18.2 Å². The Kier molecular flexibility index (Phi) is 4.48. The molecule has 1 unspecified atom stereocenters. The van der Waals surface area contributed by atoms with E-state index in [-0.39, 0.29) is 11.3 Å². The smallest absolute Gasteiger partial charge is 0.256 e. The molecule has 1 aromatic heterocycles. The van der Waals surface area contributed by atoms with Gasteiger partial charge in [-0.15, -0.1) is 11.3 Å². The lowest BCUT2D eigenvalue weighted by Gasteiger charge is -2.33. The van der Waals surface area contributed by atoms with Crippen LogP contribution in [0.25, 0.3) is 10.8 Å². The zero-order valence-electron chi connectivity index (χ0n) is 17.8. The molecular weight excluding hydrogens is 388 g/mol. The van der Waals surface area contributed by atoms with E-state index in [1.165, 1.54) is 21.4 Å². The summed E-state index contributed by atoms with van der Waals surface area (Å²) in [4.78, 5) is 14.5. The van der Waals surface area contributed by atoms with E-state index in [0.29, 0.717) is 22.0 Å². The summed E-state index contributed by atoms with van der Waals surface area (Å²) in [6.07, 6.45) is 5.11. The molecule has 0 spiro atoms. The maximum absolute atomic E-state index is 13.3. The molecule has 30 heavy (non-hydrogen) atoms. The molecule has 0 bridgehead atoms. The van der Waals surface area contributed by atoms with Gasteiger partial charge < -0.3 is 5.32 Å². The van der Waals surface area contributed by atoms with Gasteiger partial charge in [-0.05, 0) is 77.0 Å². The van der Waals surface area contributed by atoms with Crippen LogP contribution in [0.15, 0.2) is 30.3 Å². The zero-order valence-corrected chi connectivity index (χ0v) is 18.6. The number of hydrogen-bond donors (Lipinski definition) is 1. The van der Waals surface area contributed by atoms with Crippen LogP contribution < -0.4 is 5.32 Å². The third kappa shape index (κ3) is 3.04. The lowest BCUT2D eigenvalue weighted by molar-refractivity contribution is 0.102. The summed E-state index contributed by atoms with van der Waals surface area (Å²) in [5, 5.41) is 15.9. The number of hydrogen-bond acceptors (Lipinski definition) is 3. The van der Waals surface area contributed by atoms with Gasteiger partial charge in [0.2, 0.25) is 0 Å². The summed E-state index contributed by atoms with van der Waals surface area (Å²) in [6, 6.07) is 12.7. The lowest BCUT2D eigenvalue weighted by Crippen LogP contribution is -2.26. The first-order chi connectivity index (χ1) is 14.4. The molecule has 152 valence electrons. The Morgan fingerprint density at radius 3 is 2.63 bits per heavy atom. The molecule has 5 rings (SSSR count). The van der Waals surface area contributed by atoms with Crippen molar-refractivity contribution in [3.63, 3.8) is 0 Å². The number of fused-ring (bicyclic) bond motifs is 1. The van der Waals surface area contributed by atoms with Gasteiger partial charge in [-0.3, -0.25) is 4.79 Å². The maximum atomic E-state index is 13.3. The molecular formula is C26H26N2OS. The molecule has 3 nitrogen and oxygen atoms in total. The van der Waals surface area contributed by atoms with Gasteiger partial charge in [-0.25, -0.2) is 0 Å². The lowest BCUT2D eigenvalue weighted by atomic mass is 9.72. The Balaban J connectivity index is 1.49. The Hall–Kier alpha value is -2.64. The Labute approximate surface area is 181 Å². The zero-order chi connectivity index (χ0) is 21.0. The minimum Gasteiger partial charge on any atom is -0.312 e. The number of aryl methyl sites for hydroxylation is 2. The van der Waals surface area contributed by atoms with Crippen LogP contribution in [-0.4, -0.2) is 5.91 Å². The summed E-state index contributed by atoms with van der Waals surface area (Å²) >= 11 is 1.60. The highest BCUT2D eigenvalue weighted by atomic mass is 32.1. The number of rotatable bonds is 2. The van der Waals surface area contributed by atoms with Crippen LogP contribution in [0.2, 0.25) is 0 Å². The topological polar surface area (TPSA) is 52.9 Å². The highest BCUT2D eigenvalue weighted by Crippen LogP contribution is 2.44. The molecule has 3 aromatic rings. The molecule has 2 aliphatic rings. The fourth-order valence-corrected chi connectivity index (χ4v) is 6.42. The van der Waals surface area contributed by atoms with E-state index in [1.54, 1.807) is 11.3 Å². The van der Waals surface area contributed by atoms with Crippen LogP contribution in [0.1, 0.15) is 64.7 Å². The second kappa shape index (κ2) is 6.96. The van der Waals surface area contributed by atoms with Crippen molar-refractivity contribution in [3.8, 4) is 6.07 Å². The van der Waals surface area contributed by atoms with E-state index in [0.717, 1.165) is 43.1 Å². The Morgan fingerprint density at radius 1 is 1.13 bits per heavy atom. The molecule has 1 heterocycles. The fourth-order valence-electron chi connectivity index (χ4n) is 5.15. The SMILES string of the molecule is CC(C)(C)C1CCc2c(sc(NC(=O)c3ccc4c5c(cccc35)CC4)c2C#N)C1. The molecule has 2 aliphatic carbocycles. The number of carbonyl (C=O) groups excluding carboxylic acids is 1. The summed E-state index contributed by atoms with van der Waals surface area (Å²) in [7, 11) is 0. The van der Waals surface area contributed by atoms with Gasteiger partial charge in [0.05, 0.1) is 5.56 Å². The largest absolute Gasteiger partial charge is 0.312 e. The van der Waals surface area contributed by atoms with Crippen LogP contribution in [0, 0.1) is 22.7 Å². The fraction of sp³-hybridized carbons (Fsp3) is 0.385. The third-order valence-electron chi connectivity index (χ3n) is 6.95. The number of anilines is 1. The number of thiophene rings is 1. The Morgan fingerprint density at radius 2 is 1.90 bits per heavy atom. The van der Waals surface area contributed by atoms with Crippen molar-refractivity contribution in [1.29, 1.82) is 5.26 Å². The van der Waals surface area contributed by atoms with E-state index in [2.05, 4.69) is 44.3 Å². The highest BCUT2D eigenvalue weighted by molar-refractivity contribution is 7.16. The van der Waals surface area contributed by atoms with Crippen molar-refractivity contribution in [1.82, 2.24) is 0 Å². The molecule has 1 amide bonds. The minimum atomic E-state index is -0.118. The monoisotopic (exact) mass is 414 g/mol. The molecule has 4 heteroatoms. The molecule has 0 aliphatic heterocycles. The van der Waals surface area contributed by atoms with Gasteiger partial charge >= 0.3 is 0 Å². The predicted octanol–water partition coefficient (Wildman–Crippen LogP) is 6.27. The predicted molar refractivity (Wildman–Crippen MR) is 123 cm³/mol. The first-order valence-electron chi connectivity index (χ1n) is 10.8. The number of nitriles is 1. The van der Waals surface area contributed by atoms with Crippen LogP contribution >= 0.6 is 11.3 Å². The second-order valence-corrected chi connectivity index (χ2v) is 10.8. The first kappa shape index (κ1) is 19.3. The molecule has 1 atom stereocenters. The number of nitrogens with one attached hydrogen (secondary N) is 1. The number of amides is 1. The van der Waals surface area contributed by atoms with Crippen LogP contribution in [0.3, 0.4) is 0 Å². The highest BCUT2D eigenvalue weighted by Gasteiger charge is 2.32. The van der Waals surface area contributed by atoms with Crippen molar-refractivity contribution in [2.45, 2.75) is 52.9 Å². The van der Waals surface area contributed by atoms with Crippen molar-refractivity contribution >= 4 is 33.0 Å². The molecule has 0 radical (unpaired) electrons. The van der Waals surface area contributed by atoms with E-state index in [4.69, 9.17) is 0 Å². The van der Waals surface area contributed by atoms with Crippen molar-refractivity contribution in [2.75, 3.05) is 5.32 Å². The summed E-state index contributed by atoms with van der Waals surface area (Å²) in [5.74, 6) is 0.489. The van der Waals surface area contributed by atoms with Crippen LogP contribution in [0.5, 0.6) is 0 Å². The second-order valence-electron chi connectivity index (χ2n) is 9.69. The van der Waals surface area contributed by atoms with E-state index < -0.39 is 0 Å². The average molecular weight is 415 g/mol. The molecule has 0 fully saturated rings. The van der Waals surface area contributed by atoms with Crippen LogP contribution in [-0.2, 0) is 25.7 Å². The standard InChI is InChI=1S/C26H26N2OS/c1-26(2,3)17-10-12-18-21(14-27)25(30-22(18)13-17)28-24(29)20-11-9-16-8-7-15-5-4-6-19(20)23(15)16/h4-6,9,11,17H,7-8,10,12-13H2,1-3H3,(H,28,29). The minimum absolute atomic E-state index is 0.118. The number of benzene rings is 2. The number of nitrogens with zero attached hydrogens (tertiary/aromatic N) is 1. The maximum Gasteiger partial charge on any atom is 0.256 e. The van der Waals surface area contributed by atoms with Crippen molar-refractivity contribution in [2.24, 2.45) is 11.3 Å². The average Bonchev–Trinajstić information content (AvgIpc) is 3.29. The van der Waals surface area contributed by atoms with Gasteiger partial charge in [0, 0.05) is 10.4 Å². The summed E-state index contributed by atoms with van der Waals surface area (Å²) in [5.41, 5.74) is 5.42. The normalized spacial score (nSPS) is 17.6.